The maximum Gasteiger partial charge on any atom is 0.329 e. The number of hydrogen-bond donors (Lipinski definition) is 2. The maximum absolute atomic E-state index is 12.1. The first-order valence-electron chi connectivity index (χ1n) is 8.31. The van der Waals surface area contributed by atoms with Gasteiger partial charge in [-0.1, -0.05) is 17.7 Å². The van der Waals surface area contributed by atoms with E-state index in [9.17, 15) is 9.59 Å². The summed E-state index contributed by atoms with van der Waals surface area (Å²) in [7, 11) is 3.08. The van der Waals surface area contributed by atoms with E-state index in [2.05, 4.69) is 15.8 Å². The van der Waals surface area contributed by atoms with Gasteiger partial charge >= 0.3 is 11.8 Å². The predicted octanol–water partition coefficient (Wildman–Crippen LogP) is 2.80. The fourth-order valence-electron chi connectivity index (χ4n) is 2.44. The van der Waals surface area contributed by atoms with Gasteiger partial charge in [-0.2, -0.15) is 5.10 Å². The Hall–Kier alpha value is -3.35. The molecule has 2 aromatic carbocycles. The summed E-state index contributed by atoms with van der Waals surface area (Å²) in [5.74, 6) is -0.505. The van der Waals surface area contributed by atoms with Crippen LogP contribution in [-0.4, -0.2) is 31.7 Å². The molecule has 0 aliphatic carbocycles. The van der Waals surface area contributed by atoms with Gasteiger partial charge < -0.3 is 14.8 Å². The minimum atomic E-state index is -0.852. The number of hydrazone groups is 1. The van der Waals surface area contributed by atoms with Crippen molar-refractivity contribution in [2.75, 3.05) is 19.5 Å². The van der Waals surface area contributed by atoms with E-state index in [4.69, 9.17) is 9.47 Å². The molecule has 7 heteroatoms. The molecule has 0 aliphatic heterocycles. The number of aryl methyl sites for hydroxylation is 2. The van der Waals surface area contributed by atoms with Crippen molar-refractivity contribution in [1.29, 1.82) is 0 Å². The van der Waals surface area contributed by atoms with Crippen LogP contribution in [0, 0.1) is 13.8 Å². The number of hydrogen-bond acceptors (Lipinski definition) is 5. The molecule has 2 aromatic rings. The fraction of sp³-hybridized carbons (Fsp3) is 0.250. The van der Waals surface area contributed by atoms with Gasteiger partial charge in [-0.3, -0.25) is 9.59 Å². The Labute approximate surface area is 158 Å². The predicted molar refractivity (Wildman–Crippen MR) is 104 cm³/mol. The van der Waals surface area contributed by atoms with E-state index in [0.717, 1.165) is 16.7 Å². The van der Waals surface area contributed by atoms with Gasteiger partial charge in [0.1, 0.15) is 0 Å². The molecule has 0 spiro atoms. The standard InChI is InChI=1S/C20H23N3O4/c1-12-6-8-16(13(2)10-12)21-19(24)20(25)23-22-14(3)15-7-9-17(26-4)18(11-15)27-5/h6-11H,1-5H3,(H,21,24)(H,23,25). The Morgan fingerprint density at radius 2 is 1.63 bits per heavy atom. The zero-order chi connectivity index (χ0) is 20.0. The monoisotopic (exact) mass is 369 g/mol. The number of carbonyl (C=O) groups is 2. The Morgan fingerprint density at radius 3 is 2.26 bits per heavy atom. The van der Waals surface area contributed by atoms with Gasteiger partial charge in [0.25, 0.3) is 0 Å². The van der Waals surface area contributed by atoms with E-state index in [1.54, 1.807) is 38.3 Å². The average molecular weight is 369 g/mol. The number of ether oxygens (including phenoxy) is 2. The maximum atomic E-state index is 12.1. The molecular weight excluding hydrogens is 346 g/mol. The van der Waals surface area contributed by atoms with Crippen LogP contribution in [0.25, 0.3) is 0 Å². The second kappa shape index (κ2) is 8.84. The topological polar surface area (TPSA) is 89.0 Å². The van der Waals surface area contributed by atoms with E-state index in [1.807, 2.05) is 26.0 Å². The van der Waals surface area contributed by atoms with Gasteiger partial charge in [-0.15, -0.1) is 0 Å². The van der Waals surface area contributed by atoms with Crippen molar-refractivity contribution in [2.45, 2.75) is 20.8 Å². The molecule has 2 amide bonds. The van der Waals surface area contributed by atoms with Crippen molar-refractivity contribution in [3.8, 4) is 11.5 Å². The number of anilines is 1. The fourth-order valence-corrected chi connectivity index (χ4v) is 2.44. The van der Waals surface area contributed by atoms with Gasteiger partial charge in [-0.05, 0) is 50.6 Å². The SMILES string of the molecule is COc1ccc(C(C)=NNC(=O)C(=O)Nc2ccc(C)cc2C)cc1OC. The van der Waals surface area contributed by atoms with Gasteiger partial charge in [-0.25, -0.2) is 5.43 Å². The van der Waals surface area contributed by atoms with Crippen LogP contribution in [0.5, 0.6) is 11.5 Å². The van der Waals surface area contributed by atoms with Crippen molar-refractivity contribution in [1.82, 2.24) is 5.43 Å². The second-order valence-electron chi connectivity index (χ2n) is 5.98. The molecule has 2 rings (SSSR count). The number of benzene rings is 2. The highest BCUT2D eigenvalue weighted by atomic mass is 16.5. The van der Waals surface area contributed by atoms with Crippen molar-refractivity contribution in [2.24, 2.45) is 5.10 Å². The zero-order valence-electron chi connectivity index (χ0n) is 16.0. The summed E-state index contributed by atoms with van der Waals surface area (Å²) in [5, 5.41) is 6.56. The van der Waals surface area contributed by atoms with Crippen LogP contribution < -0.4 is 20.2 Å². The van der Waals surface area contributed by atoms with Gasteiger partial charge in [0, 0.05) is 11.3 Å². The number of rotatable bonds is 5. The third-order valence-electron chi connectivity index (χ3n) is 3.96. The first-order valence-corrected chi connectivity index (χ1v) is 8.31. The van der Waals surface area contributed by atoms with Crippen LogP contribution in [-0.2, 0) is 9.59 Å². The van der Waals surface area contributed by atoms with Crippen LogP contribution >= 0.6 is 0 Å². The zero-order valence-corrected chi connectivity index (χ0v) is 16.0. The molecule has 2 N–H and O–H groups in total. The molecule has 0 bridgehead atoms. The van der Waals surface area contributed by atoms with E-state index in [1.165, 1.54) is 7.11 Å². The number of methoxy groups -OCH3 is 2. The lowest BCUT2D eigenvalue weighted by Crippen LogP contribution is -2.33. The summed E-state index contributed by atoms with van der Waals surface area (Å²) in [4.78, 5) is 24.1. The number of amides is 2. The average Bonchev–Trinajstić information content (AvgIpc) is 2.67. The molecule has 0 atom stereocenters. The summed E-state index contributed by atoms with van der Waals surface area (Å²) in [6.45, 7) is 5.53. The molecule has 0 aliphatic rings. The second-order valence-corrected chi connectivity index (χ2v) is 5.98. The summed E-state index contributed by atoms with van der Waals surface area (Å²) in [6, 6.07) is 10.8. The van der Waals surface area contributed by atoms with Crippen LogP contribution in [0.15, 0.2) is 41.5 Å². The minimum Gasteiger partial charge on any atom is -0.493 e. The molecule has 0 saturated heterocycles. The van der Waals surface area contributed by atoms with E-state index < -0.39 is 11.8 Å². The quantitative estimate of drug-likeness (QED) is 0.482. The van der Waals surface area contributed by atoms with Crippen LogP contribution in [0.1, 0.15) is 23.6 Å². The van der Waals surface area contributed by atoms with E-state index in [0.29, 0.717) is 22.9 Å². The number of nitrogens with zero attached hydrogens (tertiary/aromatic N) is 1. The molecule has 7 nitrogen and oxygen atoms in total. The first kappa shape index (κ1) is 20.0. The Morgan fingerprint density at radius 1 is 0.926 bits per heavy atom. The molecule has 0 heterocycles. The molecule has 0 saturated carbocycles. The third-order valence-corrected chi connectivity index (χ3v) is 3.96. The first-order chi connectivity index (χ1) is 12.8. The molecule has 27 heavy (non-hydrogen) atoms. The minimum absolute atomic E-state index is 0.517. The lowest BCUT2D eigenvalue weighted by molar-refractivity contribution is -0.136. The molecular formula is C20H23N3O4. The summed E-state index contributed by atoms with van der Waals surface area (Å²) in [5.41, 5.74) is 6.04. The highest BCUT2D eigenvalue weighted by Gasteiger charge is 2.14. The highest BCUT2D eigenvalue weighted by Crippen LogP contribution is 2.27. The van der Waals surface area contributed by atoms with Crippen molar-refractivity contribution in [3.63, 3.8) is 0 Å². The van der Waals surface area contributed by atoms with Crippen LogP contribution in [0.2, 0.25) is 0 Å². The normalized spacial score (nSPS) is 10.9. The number of carbonyl (C=O) groups excluding carboxylic acids is 2. The molecule has 0 unspecified atom stereocenters. The molecule has 142 valence electrons. The van der Waals surface area contributed by atoms with E-state index >= 15 is 0 Å². The Bertz CT molecular complexity index is 891. The van der Waals surface area contributed by atoms with Gasteiger partial charge in [0.05, 0.1) is 19.9 Å². The van der Waals surface area contributed by atoms with E-state index in [-0.39, 0.29) is 0 Å². The molecule has 0 aromatic heterocycles. The van der Waals surface area contributed by atoms with Gasteiger partial charge in [0.2, 0.25) is 0 Å². The summed E-state index contributed by atoms with van der Waals surface area (Å²) in [6.07, 6.45) is 0. The Kier molecular flexibility index (Phi) is 6.54. The van der Waals surface area contributed by atoms with Crippen molar-refractivity contribution >= 4 is 23.2 Å². The summed E-state index contributed by atoms with van der Waals surface area (Å²) >= 11 is 0. The summed E-state index contributed by atoms with van der Waals surface area (Å²) < 4.78 is 10.4. The third kappa shape index (κ3) is 5.07. The lowest BCUT2D eigenvalue weighted by Gasteiger charge is -2.10. The van der Waals surface area contributed by atoms with Gasteiger partial charge in [0.15, 0.2) is 11.5 Å². The smallest absolute Gasteiger partial charge is 0.329 e. The highest BCUT2D eigenvalue weighted by molar-refractivity contribution is 6.39. The van der Waals surface area contributed by atoms with Crippen LogP contribution in [0.4, 0.5) is 5.69 Å². The van der Waals surface area contributed by atoms with Crippen molar-refractivity contribution < 1.29 is 19.1 Å². The van der Waals surface area contributed by atoms with Crippen molar-refractivity contribution in [3.05, 3.63) is 53.1 Å². The largest absolute Gasteiger partial charge is 0.493 e. The lowest BCUT2D eigenvalue weighted by atomic mass is 10.1. The number of nitrogens with one attached hydrogen (secondary N) is 2. The molecule has 0 fully saturated rings. The molecule has 0 radical (unpaired) electrons. The Balaban J connectivity index is 2.05. The van der Waals surface area contributed by atoms with Crippen LogP contribution in [0.3, 0.4) is 0 Å².